The topological polar surface area (TPSA) is 15.8 Å². The Labute approximate surface area is 84.8 Å². The predicted molar refractivity (Wildman–Crippen MR) is 60.3 cm³/mol. The number of aryl methyl sites for hydroxylation is 2. The molecule has 0 atom stereocenters. The number of aromatic nitrogens is 1. The van der Waals surface area contributed by atoms with Crippen LogP contribution in [0.15, 0.2) is 36.4 Å². The minimum absolute atomic E-state index is 1.06. The summed E-state index contributed by atoms with van der Waals surface area (Å²) in [6, 6.07) is 12.9. The van der Waals surface area contributed by atoms with Crippen LogP contribution in [0.3, 0.4) is 0 Å². The second kappa shape index (κ2) is 3.70. The first-order valence-electron chi connectivity index (χ1n) is 5.04. The molecule has 72 valence electrons. The molecule has 1 nitrogen and oxygen atoms in total. The summed E-state index contributed by atoms with van der Waals surface area (Å²) in [6.07, 6.45) is 1.06. The minimum atomic E-state index is 1.06. The summed E-state index contributed by atoms with van der Waals surface area (Å²) in [5, 5.41) is 0. The molecule has 0 aliphatic rings. The van der Waals surface area contributed by atoms with Gasteiger partial charge in [-0.05, 0) is 31.0 Å². The van der Waals surface area contributed by atoms with Crippen LogP contribution in [0.25, 0.3) is 11.3 Å². The van der Waals surface area contributed by atoms with Gasteiger partial charge in [-0.1, -0.05) is 36.8 Å². The lowest BCUT2D eigenvalue weighted by atomic mass is 10.1. The van der Waals surface area contributed by atoms with E-state index in [0.717, 1.165) is 6.42 Å². The van der Waals surface area contributed by atoms with E-state index in [9.17, 15) is 0 Å². The van der Waals surface area contributed by atoms with E-state index in [2.05, 4.69) is 55.2 Å². The van der Waals surface area contributed by atoms with E-state index in [0.29, 0.717) is 0 Å². The smallest absolute Gasteiger partial charge is 0.0456 e. The van der Waals surface area contributed by atoms with Gasteiger partial charge in [0, 0.05) is 11.4 Å². The van der Waals surface area contributed by atoms with Crippen molar-refractivity contribution in [2.75, 3.05) is 0 Å². The zero-order valence-corrected chi connectivity index (χ0v) is 8.67. The van der Waals surface area contributed by atoms with Crippen molar-refractivity contribution in [2.45, 2.75) is 20.3 Å². The summed E-state index contributed by atoms with van der Waals surface area (Å²) < 4.78 is 0. The lowest BCUT2D eigenvalue weighted by Gasteiger charge is -1.98. The van der Waals surface area contributed by atoms with Crippen LogP contribution in [-0.4, -0.2) is 4.98 Å². The Hall–Kier alpha value is -1.50. The first-order chi connectivity index (χ1) is 6.79. The van der Waals surface area contributed by atoms with E-state index in [4.69, 9.17) is 0 Å². The number of aromatic amines is 1. The first kappa shape index (κ1) is 9.07. The molecule has 1 aromatic heterocycles. The van der Waals surface area contributed by atoms with E-state index < -0.39 is 0 Å². The fourth-order valence-corrected chi connectivity index (χ4v) is 1.55. The van der Waals surface area contributed by atoms with Gasteiger partial charge in [0.25, 0.3) is 0 Å². The Kier molecular flexibility index (Phi) is 2.40. The Bertz CT molecular complexity index is 409. The predicted octanol–water partition coefficient (Wildman–Crippen LogP) is 3.55. The number of hydrogen-bond acceptors (Lipinski definition) is 0. The fourth-order valence-electron chi connectivity index (χ4n) is 1.55. The standard InChI is InChI=1S/C13H15N/c1-3-12-8-9-13(14-12)11-6-4-10(2)5-7-11/h4-9,14H,3H2,1-2H3. The van der Waals surface area contributed by atoms with Crippen molar-refractivity contribution in [1.29, 1.82) is 0 Å². The molecular weight excluding hydrogens is 170 g/mol. The van der Waals surface area contributed by atoms with Gasteiger partial charge < -0.3 is 4.98 Å². The fraction of sp³-hybridized carbons (Fsp3) is 0.231. The van der Waals surface area contributed by atoms with Crippen molar-refractivity contribution in [3.05, 3.63) is 47.7 Å². The molecule has 1 heteroatoms. The summed E-state index contributed by atoms with van der Waals surface area (Å²) in [4.78, 5) is 3.40. The Morgan fingerprint density at radius 2 is 1.71 bits per heavy atom. The highest BCUT2D eigenvalue weighted by atomic mass is 14.7. The average Bonchev–Trinajstić information content (AvgIpc) is 2.67. The maximum atomic E-state index is 3.40. The summed E-state index contributed by atoms with van der Waals surface area (Å²) in [5.74, 6) is 0. The third kappa shape index (κ3) is 1.72. The highest BCUT2D eigenvalue weighted by molar-refractivity contribution is 5.60. The molecule has 0 amide bonds. The molecule has 0 bridgehead atoms. The van der Waals surface area contributed by atoms with E-state index in [1.54, 1.807) is 0 Å². The SMILES string of the molecule is CCc1ccc(-c2ccc(C)cc2)[nH]1. The molecule has 14 heavy (non-hydrogen) atoms. The summed E-state index contributed by atoms with van der Waals surface area (Å²) >= 11 is 0. The molecule has 1 aromatic carbocycles. The van der Waals surface area contributed by atoms with Crippen molar-refractivity contribution in [3.8, 4) is 11.3 Å². The molecule has 0 spiro atoms. The average molecular weight is 185 g/mol. The quantitative estimate of drug-likeness (QED) is 0.736. The minimum Gasteiger partial charge on any atom is -0.358 e. The Balaban J connectivity index is 2.34. The highest BCUT2D eigenvalue weighted by Gasteiger charge is 1.99. The van der Waals surface area contributed by atoms with E-state index in [-0.39, 0.29) is 0 Å². The highest BCUT2D eigenvalue weighted by Crippen LogP contribution is 2.18. The number of hydrogen-bond donors (Lipinski definition) is 1. The van der Waals surface area contributed by atoms with Crippen LogP contribution in [0.1, 0.15) is 18.2 Å². The summed E-state index contributed by atoms with van der Waals surface area (Å²) in [6.45, 7) is 4.26. The molecular formula is C13H15N. The van der Waals surface area contributed by atoms with Gasteiger partial charge in [-0.3, -0.25) is 0 Å². The molecule has 1 N–H and O–H groups in total. The summed E-state index contributed by atoms with van der Waals surface area (Å²) in [5.41, 5.74) is 5.06. The van der Waals surface area contributed by atoms with E-state index in [1.807, 2.05) is 0 Å². The molecule has 0 saturated carbocycles. The van der Waals surface area contributed by atoms with Gasteiger partial charge in [0.05, 0.1) is 0 Å². The molecule has 0 unspecified atom stereocenters. The monoisotopic (exact) mass is 185 g/mol. The third-order valence-electron chi connectivity index (χ3n) is 2.49. The maximum Gasteiger partial charge on any atom is 0.0456 e. The van der Waals surface area contributed by atoms with Crippen LogP contribution in [0.5, 0.6) is 0 Å². The van der Waals surface area contributed by atoms with Crippen LogP contribution in [0.4, 0.5) is 0 Å². The molecule has 0 fully saturated rings. The summed E-state index contributed by atoms with van der Waals surface area (Å²) in [7, 11) is 0. The second-order valence-electron chi connectivity index (χ2n) is 3.62. The zero-order valence-electron chi connectivity index (χ0n) is 8.67. The van der Waals surface area contributed by atoms with Crippen molar-refractivity contribution >= 4 is 0 Å². The van der Waals surface area contributed by atoms with Crippen LogP contribution in [0, 0.1) is 6.92 Å². The number of rotatable bonds is 2. The molecule has 0 aliphatic carbocycles. The molecule has 0 aliphatic heterocycles. The van der Waals surface area contributed by atoms with Crippen molar-refractivity contribution in [1.82, 2.24) is 4.98 Å². The molecule has 2 rings (SSSR count). The van der Waals surface area contributed by atoms with Crippen molar-refractivity contribution < 1.29 is 0 Å². The Morgan fingerprint density at radius 3 is 2.29 bits per heavy atom. The molecule has 0 saturated heterocycles. The zero-order chi connectivity index (χ0) is 9.97. The van der Waals surface area contributed by atoms with Crippen LogP contribution in [0.2, 0.25) is 0 Å². The van der Waals surface area contributed by atoms with Gasteiger partial charge in [0.2, 0.25) is 0 Å². The maximum absolute atomic E-state index is 3.40. The first-order valence-corrected chi connectivity index (χ1v) is 5.04. The number of benzene rings is 1. The molecule has 0 radical (unpaired) electrons. The van der Waals surface area contributed by atoms with Gasteiger partial charge in [-0.2, -0.15) is 0 Å². The lowest BCUT2D eigenvalue weighted by molar-refractivity contribution is 1.07. The van der Waals surface area contributed by atoms with Crippen LogP contribution < -0.4 is 0 Å². The largest absolute Gasteiger partial charge is 0.358 e. The van der Waals surface area contributed by atoms with Gasteiger partial charge in [-0.15, -0.1) is 0 Å². The van der Waals surface area contributed by atoms with Crippen LogP contribution in [-0.2, 0) is 6.42 Å². The van der Waals surface area contributed by atoms with Crippen molar-refractivity contribution in [3.63, 3.8) is 0 Å². The molecule has 1 heterocycles. The van der Waals surface area contributed by atoms with E-state index in [1.165, 1.54) is 22.5 Å². The second-order valence-corrected chi connectivity index (χ2v) is 3.62. The normalized spacial score (nSPS) is 10.4. The van der Waals surface area contributed by atoms with Gasteiger partial charge in [0.15, 0.2) is 0 Å². The van der Waals surface area contributed by atoms with Crippen molar-refractivity contribution in [2.24, 2.45) is 0 Å². The van der Waals surface area contributed by atoms with E-state index >= 15 is 0 Å². The molecule has 2 aromatic rings. The van der Waals surface area contributed by atoms with Gasteiger partial charge >= 0.3 is 0 Å². The van der Waals surface area contributed by atoms with Crippen LogP contribution >= 0.6 is 0 Å². The Morgan fingerprint density at radius 1 is 1.00 bits per heavy atom. The lowest BCUT2D eigenvalue weighted by Crippen LogP contribution is -1.81. The number of nitrogens with one attached hydrogen (secondary N) is 1. The van der Waals surface area contributed by atoms with Gasteiger partial charge in [0.1, 0.15) is 0 Å². The third-order valence-corrected chi connectivity index (χ3v) is 2.49. The van der Waals surface area contributed by atoms with Gasteiger partial charge in [-0.25, -0.2) is 0 Å². The number of H-pyrrole nitrogens is 1.